The largest absolute Gasteiger partial charge is 0.497 e. The van der Waals surface area contributed by atoms with Gasteiger partial charge in [-0.25, -0.2) is 0 Å². The van der Waals surface area contributed by atoms with E-state index >= 15 is 0 Å². The van der Waals surface area contributed by atoms with Crippen molar-refractivity contribution < 1.29 is 4.74 Å². The van der Waals surface area contributed by atoms with Crippen LogP contribution in [-0.2, 0) is 0 Å². The molecule has 2 nitrogen and oxygen atoms in total. The summed E-state index contributed by atoms with van der Waals surface area (Å²) in [7, 11) is 1.70. The lowest BCUT2D eigenvalue weighted by Gasteiger charge is -2.38. The van der Waals surface area contributed by atoms with Gasteiger partial charge in [-0.15, -0.1) is 0 Å². The highest BCUT2D eigenvalue weighted by Crippen LogP contribution is 2.51. The van der Waals surface area contributed by atoms with Crippen molar-refractivity contribution >= 4 is 28.9 Å². The van der Waals surface area contributed by atoms with Crippen LogP contribution in [0.15, 0.2) is 48.6 Å². The Kier molecular flexibility index (Phi) is 3.74. The number of rotatable bonds is 2. The summed E-state index contributed by atoms with van der Waals surface area (Å²) < 4.78 is 5.38. The molecular weight excluding hydrogens is 329 g/mol. The molecule has 0 bridgehead atoms. The minimum Gasteiger partial charge on any atom is -0.497 e. The highest BCUT2D eigenvalue weighted by Gasteiger charge is 2.38. The van der Waals surface area contributed by atoms with Gasteiger partial charge in [0, 0.05) is 21.7 Å². The Morgan fingerprint density at radius 2 is 1.96 bits per heavy atom. The van der Waals surface area contributed by atoms with E-state index in [4.69, 9.17) is 27.9 Å². The summed E-state index contributed by atoms with van der Waals surface area (Å²) in [5.41, 5.74) is 3.55. The zero-order valence-electron chi connectivity index (χ0n) is 12.7. The van der Waals surface area contributed by atoms with Crippen LogP contribution in [0, 0.1) is 5.92 Å². The van der Waals surface area contributed by atoms with Crippen LogP contribution < -0.4 is 10.1 Å². The van der Waals surface area contributed by atoms with Gasteiger partial charge in [0.05, 0.1) is 13.2 Å². The van der Waals surface area contributed by atoms with Gasteiger partial charge in [0.15, 0.2) is 0 Å². The molecule has 1 heterocycles. The first kappa shape index (κ1) is 14.9. The highest BCUT2D eigenvalue weighted by atomic mass is 35.5. The monoisotopic (exact) mass is 345 g/mol. The molecule has 118 valence electrons. The molecule has 0 saturated carbocycles. The first-order valence-electron chi connectivity index (χ1n) is 7.73. The van der Waals surface area contributed by atoms with Crippen molar-refractivity contribution in [3.8, 4) is 5.75 Å². The molecule has 0 aromatic heterocycles. The molecule has 0 spiro atoms. The van der Waals surface area contributed by atoms with Gasteiger partial charge in [0.25, 0.3) is 0 Å². The first-order chi connectivity index (χ1) is 11.2. The number of benzene rings is 2. The average Bonchev–Trinajstić information content (AvgIpc) is 3.04. The molecule has 3 atom stereocenters. The van der Waals surface area contributed by atoms with E-state index in [0.29, 0.717) is 16.9 Å². The summed E-state index contributed by atoms with van der Waals surface area (Å²) in [5, 5.41) is 5.06. The Bertz CT molecular complexity index is 787. The van der Waals surface area contributed by atoms with Gasteiger partial charge in [0.1, 0.15) is 5.75 Å². The van der Waals surface area contributed by atoms with E-state index in [1.54, 1.807) is 7.11 Å². The van der Waals surface area contributed by atoms with E-state index in [1.165, 1.54) is 5.56 Å². The van der Waals surface area contributed by atoms with Crippen LogP contribution in [0.2, 0.25) is 10.0 Å². The van der Waals surface area contributed by atoms with Crippen molar-refractivity contribution in [1.29, 1.82) is 0 Å². The molecule has 0 amide bonds. The molecule has 1 N–H and O–H groups in total. The number of methoxy groups -OCH3 is 1. The van der Waals surface area contributed by atoms with Crippen molar-refractivity contribution in [2.45, 2.75) is 18.4 Å². The SMILES string of the molecule is COc1ccc2c(c1)[C@@H]1C=CC[C@@H]1[C@@H](c1ccc(Cl)cc1Cl)N2. The molecule has 0 unspecified atom stereocenters. The van der Waals surface area contributed by atoms with Crippen LogP contribution >= 0.6 is 23.2 Å². The number of anilines is 1. The van der Waals surface area contributed by atoms with Crippen molar-refractivity contribution in [3.05, 3.63) is 69.7 Å². The van der Waals surface area contributed by atoms with Crippen LogP contribution in [0.5, 0.6) is 5.75 Å². The summed E-state index contributed by atoms with van der Waals surface area (Å²) in [6.45, 7) is 0. The summed E-state index contributed by atoms with van der Waals surface area (Å²) in [6.07, 6.45) is 5.61. The van der Waals surface area contributed by atoms with Gasteiger partial charge in [-0.05, 0) is 53.8 Å². The van der Waals surface area contributed by atoms with Crippen LogP contribution in [0.25, 0.3) is 0 Å². The van der Waals surface area contributed by atoms with Crippen molar-refractivity contribution in [3.63, 3.8) is 0 Å². The number of hydrogen-bond acceptors (Lipinski definition) is 2. The molecular formula is C19H17Cl2NO. The fourth-order valence-corrected chi connectivity index (χ4v) is 4.29. The maximum atomic E-state index is 6.46. The zero-order valence-corrected chi connectivity index (χ0v) is 14.2. The maximum absolute atomic E-state index is 6.46. The normalized spacial score (nSPS) is 24.7. The number of halogens is 2. The Hall–Kier alpha value is -1.64. The number of allylic oxidation sites excluding steroid dienone is 2. The second-order valence-electron chi connectivity index (χ2n) is 6.09. The fraction of sp³-hybridized carbons (Fsp3) is 0.263. The van der Waals surface area contributed by atoms with Gasteiger partial charge in [-0.3, -0.25) is 0 Å². The Balaban J connectivity index is 1.79. The van der Waals surface area contributed by atoms with E-state index < -0.39 is 0 Å². The topological polar surface area (TPSA) is 21.3 Å². The molecule has 23 heavy (non-hydrogen) atoms. The third kappa shape index (κ3) is 2.50. The van der Waals surface area contributed by atoms with Gasteiger partial charge < -0.3 is 10.1 Å². The van der Waals surface area contributed by atoms with Gasteiger partial charge in [-0.1, -0.05) is 41.4 Å². The van der Waals surface area contributed by atoms with E-state index in [2.05, 4.69) is 29.6 Å². The van der Waals surface area contributed by atoms with Crippen molar-refractivity contribution in [2.24, 2.45) is 5.92 Å². The number of nitrogens with one attached hydrogen (secondary N) is 1. The summed E-state index contributed by atoms with van der Waals surface area (Å²) in [4.78, 5) is 0. The fourth-order valence-electron chi connectivity index (χ4n) is 3.76. The summed E-state index contributed by atoms with van der Waals surface area (Å²) in [6, 6.07) is 12.2. The molecule has 0 fully saturated rings. The van der Waals surface area contributed by atoms with E-state index in [9.17, 15) is 0 Å². The van der Waals surface area contributed by atoms with Crippen LogP contribution in [0.3, 0.4) is 0 Å². The molecule has 2 aromatic rings. The standard InChI is InChI=1S/C19H17Cl2NO/c1-23-12-6-8-18-16(10-12)13-3-2-4-14(13)19(22-18)15-7-5-11(20)9-17(15)21/h2-3,5-10,13-14,19,22H,4H2,1H3/t13-,14+,19+/m1/s1. The van der Waals surface area contributed by atoms with Crippen molar-refractivity contribution in [2.75, 3.05) is 12.4 Å². The number of fused-ring (bicyclic) bond motifs is 3. The minimum absolute atomic E-state index is 0.181. The third-order valence-electron chi connectivity index (χ3n) is 4.87. The molecule has 0 radical (unpaired) electrons. The number of ether oxygens (including phenoxy) is 1. The van der Waals surface area contributed by atoms with E-state index in [1.807, 2.05) is 24.3 Å². The Morgan fingerprint density at radius 1 is 1.09 bits per heavy atom. The average molecular weight is 346 g/mol. The lowest BCUT2D eigenvalue weighted by atomic mass is 9.77. The van der Waals surface area contributed by atoms with Crippen molar-refractivity contribution in [1.82, 2.24) is 0 Å². The second-order valence-corrected chi connectivity index (χ2v) is 6.94. The Labute approximate surface area is 146 Å². The van der Waals surface area contributed by atoms with E-state index in [-0.39, 0.29) is 6.04 Å². The smallest absolute Gasteiger partial charge is 0.119 e. The van der Waals surface area contributed by atoms with Gasteiger partial charge in [-0.2, -0.15) is 0 Å². The molecule has 4 heteroatoms. The molecule has 1 aliphatic heterocycles. The van der Waals surface area contributed by atoms with Crippen LogP contribution in [0.4, 0.5) is 5.69 Å². The third-order valence-corrected chi connectivity index (χ3v) is 5.43. The predicted octanol–water partition coefficient (Wildman–Crippen LogP) is 5.83. The minimum atomic E-state index is 0.181. The molecule has 2 aromatic carbocycles. The zero-order chi connectivity index (χ0) is 16.0. The molecule has 4 rings (SSSR count). The quantitative estimate of drug-likeness (QED) is 0.691. The van der Waals surface area contributed by atoms with E-state index in [0.717, 1.165) is 28.4 Å². The summed E-state index contributed by atoms with van der Waals surface area (Å²) in [5.74, 6) is 1.74. The molecule has 1 aliphatic carbocycles. The predicted molar refractivity (Wildman–Crippen MR) is 95.8 cm³/mol. The maximum Gasteiger partial charge on any atom is 0.119 e. The second kappa shape index (κ2) is 5.77. The molecule has 2 aliphatic rings. The Morgan fingerprint density at radius 3 is 2.74 bits per heavy atom. The summed E-state index contributed by atoms with van der Waals surface area (Å²) >= 11 is 12.5. The lowest BCUT2D eigenvalue weighted by Crippen LogP contribution is -2.29. The highest BCUT2D eigenvalue weighted by molar-refractivity contribution is 6.35. The van der Waals surface area contributed by atoms with Gasteiger partial charge in [0.2, 0.25) is 0 Å². The van der Waals surface area contributed by atoms with Crippen LogP contribution in [0.1, 0.15) is 29.5 Å². The number of hydrogen-bond donors (Lipinski definition) is 1. The molecule has 0 saturated heterocycles. The first-order valence-corrected chi connectivity index (χ1v) is 8.49. The lowest BCUT2D eigenvalue weighted by molar-refractivity contribution is 0.405. The van der Waals surface area contributed by atoms with Gasteiger partial charge >= 0.3 is 0 Å². The van der Waals surface area contributed by atoms with Crippen LogP contribution in [-0.4, -0.2) is 7.11 Å².